The van der Waals surface area contributed by atoms with Crippen LogP contribution in [0.25, 0.3) is 82.4 Å². The van der Waals surface area contributed by atoms with Gasteiger partial charge in [-0.3, -0.25) is 0 Å². The summed E-state index contributed by atoms with van der Waals surface area (Å²) < 4.78 is 2.41. The second kappa shape index (κ2) is 9.97. The summed E-state index contributed by atoms with van der Waals surface area (Å²) in [4.78, 5) is 2.65. The first-order chi connectivity index (χ1) is 22.8. The molecule has 0 radical (unpaired) electrons. The molecule has 46 heavy (non-hydrogen) atoms. The summed E-state index contributed by atoms with van der Waals surface area (Å²) in [5, 5.41) is 7.72. The third-order valence-electron chi connectivity index (χ3n) is 9.59. The molecule has 0 spiro atoms. The highest BCUT2D eigenvalue weighted by Gasteiger charge is 2.22. The van der Waals surface area contributed by atoms with E-state index in [-0.39, 0.29) is 0 Å². The molecule has 0 amide bonds. The summed E-state index contributed by atoms with van der Waals surface area (Å²) in [7, 11) is 0. The molecule has 2 heteroatoms. The van der Waals surface area contributed by atoms with E-state index >= 15 is 0 Å². The summed E-state index contributed by atoms with van der Waals surface area (Å²) >= 11 is 1.88. The average Bonchev–Trinajstić information content (AvgIpc) is 3.44. The van der Waals surface area contributed by atoms with Crippen LogP contribution in [0.15, 0.2) is 174 Å². The molecule has 2 heterocycles. The Hall–Kier alpha value is -5.57. The molecule has 0 saturated carbocycles. The number of hydrogen-bond acceptors (Lipinski definition) is 1. The van der Waals surface area contributed by atoms with Crippen LogP contribution in [-0.2, 0) is 0 Å². The molecule has 0 aliphatic carbocycles. The van der Waals surface area contributed by atoms with E-state index in [4.69, 9.17) is 0 Å². The van der Waals surface area contributed by atoms with Crippen LogP contribution in [0.1, 0.15) is 0 Å². The van der Waals surface area contributed by atoms with Gasteiger partial charge in [0.05, 0.1) is 11.0 Å². The molecule has 0 saturated heterocycles. The lowest BCUT2D eigenvalue weighted by molar-refractivity contribution is 1.18. The summed E-state index contributed by atoms with van der Waals surface area (Å²) in [5.41, 5.74) is 11.3. The topological polar surface area (TPSA) is 4.93 Å². The third-order valence-corrected chi connectivity index (χ3v) is 10.7. The van der Waals surface area contributed by atoms with E-state index in [2.05, 4.69) is 168 Å². The Labute approximate surface area is 271 Å². The number of rotatable bonds is 3. The number of nitrogens with zero attached hydrogens (tertiary/aromatic N) is 1. The molecule has 8 aromatic carbocycles. The van der Waals surface area contributed by atoms with E-state index in [1.165, 1.54) is 92.2 Å². The lowest BCUT2D eigenvalue weighted by atomic mass is 9.87. The second-order valence-corrected chi connectivity index (χ2v) is 13.2. The maximum absolute atomic E-state index is 2.41. The van der Waals surface area contributed by atoms with Gasteiger partial charge in [0.15, 0.2) is 0 Å². The van der Waals surface area contributed by atoms with Crippen molar-refractivity contribution in [3.63, 3.8) is 0 Å². The van der Waals surface area contributed by atoms with Crippen LogP contribution in [0.5, 0.6) is 0 Å². The Morgan fingerprint density at radius 1 is 0.348 bits per heavy atom. The Morgan fingerprint density at radius 3 is 1.87 bits per heavy atom. The van der Waals surface area contributed by atoms with Crippen LogP contribution >= 0.6 is 11.8 Å². The van der Waals surface area contributed by atoms with Crippen LogP contribution in [-0.4, -0.2) is 4.57 Å². The van der Waals surface area contributed by atoms with Crippen molar-refractivity contribution in [3.05, 3.63) is 164 Å². The lowest BCUT2D eigenvalue weighted by Crippen LogP contribution is -1.95. The molecule has 1 aliphatic heterocycles. The van der Waals surface area contributed by atoms with E-state index in [0.29, 0.717) is 0 Å². The molecule has 214 valence electrons. The first kappa shape index (κ1) is 25.7. The SMILES string of the molecule is c1ccc(-n2c3ccccc3c3cc4cccc(-c5ccccc5-c5ccc6c7c(cccc57)-c5ccccc5S6)c4cc32)cc1. The number of benzene rings is 8. The molecule has 0 fully saturated rings. The van der Waals surface area contributed by atoms with Crippen molar-refractivity contribution >= 4 is 55.1 Å². The van der Waals surface area contributed by atoms with Gasteiger partial charge in [-0.25, -0.2) is 0 Å². The molecule has 1 aliphatic rings. The van der Waals surface area contributed by atoms with E-state index in [0.717, 1.165) is 0 Å². The molecule has 0 bridgehead atoms. The fraction of sp³-hybridized carbons (Fsp3) is 0. The fourth-order valence-electron chi connectivity index (χ4n) is 7.60. The van der Waals surface area contributed by atoms with Crippen LogP contribution in [0.3, 0.4) is 0 Å². The fourth-order valence-corrected chi connectivity index (χ4v) is 8.73. The van der Waals surface area contributed by atoms with Gasteiger partial charge in [0.25, 0.3) is 0 Å². The highest BCUT2D eigenvalue weighted by Crippen LogP contribution is 2.50. The summed E-state index contributed by atoms with van der Waals surface area (Å²) in [6.45, 7) is 0. The van der Waals surface area contributed by atoms with Gasteiger partial charge in [-0.05, 0) is 92.0 Å². The van der Waals surface area contributed by atoms with Crippen molar-refractivity contribution in [2.75, 3.05) is 0 Å². The molecular formula is C44H27NS. The van der Waals surface area contributed by atoms with Crippen molar-refractivity contribution < 1.29 is 0 Å². The normalized spacial score (nSPS) is 12.3. The minimum Gasteiger partial charge on any atom is -0.309 e. The van der Waals surface area contributed by atoms with Crippen molar-refractivity contribution in [3.8, 4) is 39.1 Å². The predicted molar refractivity (Wildman–Crippen MR) is 196 cm³/mol. The van der Waals surface area contributed by atoms with Gasteiger partial charge in [0.2, 0.25) is 0 Å². The van der Waals surface area contributed by atoms with Crippen LogP contribution in [0, 0.1) is 0 Å². The first-order valence-corrected chi connectivity index (χ1v) is 16.6. The van der Waals surface area contributed by atoms with Gasteiger partial charge in [0, 0.05) is 31.6 Å². The molecule has 0 atom stereocenters. The van der Waals surface area contributed by atoms with Crippen molar-refractivity contribution in [1.82, 2.24) is 4.57 Å². The number of para-hydroxylation sites is 2. The van der Waals surface area contributed by atoms with E-state index in [1.807, 2.05) is 11.8 Å². The quantitative estimate of drug-likeness (QED) is 0.195. The predicted octanol–water partition coefficient (Wildman–Crippen LogP) is 12.6. The molecule has 1 aromatic heterocycles. The van der Waals surface area contributed by atoms with Crippen molar-refractivity contribution in [2.24, 2.45) is 0 Å². The summed E-state index contributed by atoms with van der Waals surface area (Å²) in [6, 6.07) is 60.2. The van der Waals surface area contributed by atoms with Crippen LogP contribution in [0.2, 0.25) is 0 Å². The number of fused-ring (bicyclic) bond motifs is 6. The number of hydrogen-bond donors (Lipinski definition) is 0. The largest absolute Gasteiger partial charge is 0.309 e. The maximum Gasteiger partial charge on any atom is 0.0547 e. The standard InChI is InChI=1S/C44H27NS/c1-2-13-29(14-3-1)45-40-22-8-6-17-34(40)39-26-28-12-10-19-32(38(28)27-41(39)45)30-15-4-5-16-31(30)33-24-25-43-44-36(33)20-11-21-37(44)35-18-7-9-23-42(35)46-43/h1-27H. The molecular weight excluding hydrogens is 575 g/mol. The Kier molecular flexibility index (Phi) is 5.58. The second-order valence-electron chi connectivity index (χ2n) is 12.1. The van der Waals surface area contributed by atoms with Crippen LogP contribution in [0.4, 0.5) is 0 Å². The summed E-state index contributed by atoms with van der Waals surface area (Å²) in [6.07, 6.45) is 0. The summed E-state index contributed by atoms with van der Waals surface area (Å²) in [5.74, 6) is 0. The smallest absolute Gasteiger partial charge is 0.0547 e. The minimum absolute atomic E-state index is 1.18. The van der Waals surface area contributed by atoms with Gasteiger partial charge in [0.1, 0.15) is 0 Å². The van der Waals surface area contributed by atoms with Crippen molar-refractivity contribution in [1.29, 1.82) is 0 Å². The molecule has 1 nitrogen and oxygen atoms in total. The third kappa shape index (κ3) is 3.71. The molecule has 0 N–H and O–H groups in total. The van der Waals surface area contributed by atoms with Gasteiger partial charge in [-0.1, -0.05) is 133 Å². The van der Waals surface area contributed by atoms with Gasteiger partial charge < -0.3 is 4.57 Å². The highest BCUT2D eigenvalue weighted by molar-refractivity contribution is 7.99. The van der Waals surface area contributed by atoms with Crippen molar-refractivity contribution in [2.45, 2.75) is 9.79 Å². The van der Waals surface area contributed by atoms with Gasteiger partial charge >= 0.3 is 0 Å². The Bertz CT molecular complexity index is 2660. The zero-order valence-electron chi connectivity index (χ0n) is 24.9. The molecule has 9 aromatic rings. The zero-order chi connectivity index (χ0) is 30.2. The molecule has 10 rings (SSSR count). The number of aromatic nitrogens is 1. The Morgan fingerprint density at radius 2 is 1.00 bits per heavy atom. The maximum atomic E-state index is 2.41. The first-order valence-electron chi connectivity index (χ1n) is 15.8. The van der Waals surface area contributed by atoms with E-state index < -0.39 is 0 Å². The van der Waals surface area contributed by atoms with E-state index in [9.17, 15) is 0 Å². The monoisotopic (exact) mass is 601 g/mol. The Balaban J connectivity index is 1.24. The average molecular weight is 602 g/mol. The van der Waals surface area contributed by atoms with Crippen LogP contribution < -0.4 is 0 Å². The molecule has 0 unspecified atom stereocenters. The van der Waals surface area contributed by atoms with Gasteiger partial charge in [-0.2, -0.15) is 0 Å². The zero-order valence-corrected chi connectivity index (χ0v) is 25.8. The minimum atomic E-state index is 1.18. The lowest BCUT2D eigenvalue weighted by Gasteiger charge is -2.22. The van der Waals surface area contributed by atoms with E-state index in [1.54, 1.807) is 0 Å². The highest BCUT2D eigenvalue weighted by atomic mass is 32.2. The van der Waals surface area contributed by atoms with Gasteiger partial charge in [-0.15, -0.1) is 0 Å².